The Bertz CT molecular complexity index is 354. The molecular weight excluding hydrogens is 290 g/mol. The van der Waals surface area contributed by atoms with Crippen LogP contribution in [0.1, 0.15) is 16.6 Å². The minimum Gasteiger partial charge on any atom is -0.383 e. The predicted octanol–water partition coefficient (Wildman–Crippen LogP) is 2.66. The van der Waals surface area contributed by atoms with Crippen LogP contribution in [0.15, 0.2) is 15.9 Å². The normalized spacial score (nSPS) is 13.1. The SMILES string of the molecule is COCC(C)N(C)CC(=O)c1sccc1Br. The van der Waals surface area contributed by atoms with E-state index in [1.807, 2.05) is 30.3 Å². The molecule has 1 aromatic heterocycles. The van der Waals surface area contributed by atoms with Gasteiger partial charge in [-0.1, -0.05) is 0 Å². The van der Waals surface area contributed by atoms with Crippen LogP contribution in [-0.2, 0) is 4.74 Å². The van der Waals surface area contributed by atoms with Gasteiger partial charge in [0.05, 0.1) is 18.0 Å². The van der Waals surface area contributed by atoms with Crippen molar-refractivity contribution in [1.82, 2.24) is 4.90 Å². The molecule has 1 rings (SSSR count). The van der Waals surface area contributed by atoms with Crippen LogP contribution >= 0.6 is 27.3 Å². The van der Waals surface area contributed by atoms with Gasteiger partial charge in [0, 0.05) is 17.6 Å². The van der Waals surface area contributed by atoms with E-state index in [0.717, 1.165) is 9.35 Å². The first-order valence-electron chi connectivity index (χ1n) is 5.01. The smallest absolute Gasteiger partial charge is 0.187 e. The van der Waals surface area contributed by atoms with Gasteiger partial charge in [-0.05, 0) is 41.3 Å². The highest BCUT2D eigenvalue weighted by Crippen LogP contribution is 2.23. The second-order valence-corrected chi connectivity index (χ2v) is 5.51. The summed E-state index contributed by atoms with van der Waals surface area (Å²) >= 11 is 4.84. The maximum absolute atomic E-state index is 11.9. The fraction of sp³-hybridized carbons (Fsp3) is 0.545. The molecule has 1 unspecified atom stereocenters. The number of carbonyl (C=O) groups is 1. The van der Waals surface area contributed by atoms with Crippen LogP contribution in [0.2, 0.25) is 0 Å². The lowest BCUT2D eigenvalue weighted by Crippen LogP contribution is -2.36. The first-order valence-corrected chi connectivity index (χ1v) is 6.69. The topological polar surface area (TPSA) is 29.5 Å². The Morgan fingerprint density at radius 2 is 2.38 bits per heavy atom. The van der Waals surface area contributed by atoms with Crippen molar-refractivity contribution in [2.45, 2.75) is 13.0 Å². The monoisotopic (exact) mass is 305 g/mol. The summed E-state index contributed by atoms with van der Waals surface area (Å²) < 4.78 is 5.95. The average molecular weight is 306 g/mol. The van der Waals surface area contributed by atoms with Gasteiger partial charge in [-0.2, -0.15) is 0 Å². The van der Waals surface area contributed by atoms with E-state index in [1.165, 1.54) is 11.3 Å². The molecule has 0 radical (unpaired) electrons. The Kier molecular flexibility index (Phi) is 5.61. The maximum atomic E-state index is 11.9. The minimum atomic E-state index is 0.146. The molecular formula is C11H16BrNO2S. The number of methoxy groups -OCH3 is 1. The van der Waals surface area contributed by atoms with Crippen LogP contribution in [-0.4, -0.2) is 44.0 Å². The second-order valence-electron chi connectivity index (χ2n) is 3.74. The fourth-order valence-corrected chi connectivity index (χ4v) is 2.84. The third-order valence-electron chi connectivity index (χ3n) is 2.42. The van der Waals surface area contributed by atoms with Crippen molar-refractivity contribution in [3.8, 4) is 0 Å². The van der Waals surface area contributed by atoms with Gasteiger partial charge in [-0.3, -0.25) is 9.69 Å². The molecule has 5 heteroatoms. The molecule has 0 amide bonds. The molecule has 0 saturated carbocycles. The molecule has 0 bridgehead atoms. The lowest BCUT2D eigenvalue weighted by molar-refractivity contribution is 0.0844. The third-order valence-corrected chi connectivity index (χ3v) is 4.30. The zero-order valence-corrected chi connectivity index (χ0v) is 12.1. The minimum absolute atomic E-state index is 0.146. The molecule has 0 saturated heterocycles. The number of ether oxygens (including phenoxy) is 1. The number of thiophene rings is 1. The largest absolute Gasteiger partial charge is 0.383 e. The number of hydrogen-bond donors (Lipinski definition) is 0. The standard InChI is InChI=1S/C11H16BrNO2S/c1-8(7-15-3)13(2)6-10(14)11-9(12)4-5-16-11/h4-5,8H,6-7H2,1-3H3. The van der Waals surface area contributed by atoms with Gasteiger partial charge in [-0.15, -0.1) is 11.3 Å². The van der Waals surface area contributed by atoms with E-state index in [1.54, 1.807) is 7.11 Å². The molecule has 90 valence electrons. The summed E-state index contributed by atoms with van der Waals surface area (Å²) in [4.78, 5) is 14.7. The van der Waals surface area contributed by atoms with Gasteiger partial charge in [0.15, 0.2) is 5.78 Å². The average Bonchev–Trinajstić information content (AvgIpc) is 2.64. The van der Waals surface area contributed by atoms with Crippen molar-refractivity contribution in [1.29, 1.82) is 0 Å². The van der Waals surface area contributed by atoms with Crippen LogP contribution in [0.25, 0.3) is 0 Å². The Labute approximate surface area is 109 Å². The van der Waals surface area contributed by atoms with Crippen LogP contribution in [0.4, 0.5) is 0 Å². The Morgan fingerprint density at radius 3 is 2.88 bits per heavy atom. The quantitative estimate of drug-likeness (QED) is 0.757. The summed E-state index contributed by atoms with van der Waals surface area (Å²) in [5.74, 6) is 0.146. The maximum Gasteiger partial charge on any atom is 0.187 e. The number of likely N-dealkylation sites (N-methyl/N-ethyl adjacent to an activating group) is 1. The van der Waals surface area contributed by atoms with Gasteiger partial charge in [-0.25, -0.2) is 0 Å². The molecule has 1 heterocycles. The van der Waals surface area contributed by atoms with E-state index in [4.69, 9.17) is 4.74 Å². The summed E-state index contributed by atoms with van der Waals surface area (Å²) in [6, 6.07) is 2.14. The molecule has 3 nitrogen and oxygen atoms in total. The summed E-state index contributed by atoms with van der Waals surface area (Å²) in [6.45, 7) is 3.10. The van der Waals surface area contributed by atoms with Gasteiger partial charge >= 0.3 is 0 Å². The van der Waals surface area contributed by atoms with Gasteiger partial charge in [0.2, 0.25) is 0 Å². The van der Waals surface area contributed by atoms with Crippen LogP contribution in [0, 0.1) is 0 Å². The summed E-state index contributed by atoms with van der Waals surface area (Å²) in [7, 11) is 3.60. The second kappa shape index (κ2) is 6.49. The zero-order chi connectivity index (χ0) is 12.1. The third kappa shape index (κ3) is 3.66. The highest BCUT2D eigenvalue weighted by molar-refractivity contribution is 9.10. The number of hydrogen-bond acceptors (Lipinski definition) is 4. The first-order chi connectivity index (χ1) is 7.56. The van der Waals surface area contributed by atoms with Gasteiger partial charge in [0.25, 0.3) is 0 Å². The number of ketones is 1. The zero-order valence-electron chi connectivity index (χ0n) is 9.70. The number of halogens is 1. The van der Waals surface area contributed by atoms with Gasteiger partial charge in [0.1, 0.15) is 0 Å². The predicted molar refractivity (Wildman–Crippen MR) is 70.3 cm³/mol. The van der Waals surface area contributed by atoms with Crippen molar-refractivity contribution in [3.05, 3.63) is 20.8 Å². The van der Waals surface area contributed by atoms with Crippen molar-refractivity contribution >= 4 is 33.0 Å². The molecule has 16 heavy (non-hydrogen) atoms. The number of Topliss-reactive ketones (excluding diaryl/α,β-unsaturated/α-hetero) is 1. The van der Waals surface area contributed by atoms with Crippen LogP contribution < -0.4 is 0 Å². The molecule has 0 fully saturated rings. The molecule has 0 aliphatic heterocycles. The summed E-state index contributed by atoms with van der Waals surface area (Å²) in [5.41, 5.74) is 0. The molecule has 0 N–H and O–H groups in total. The number of carbonyl (C=O) groups excluding carboxylic acids is 1. The van der Waals surface area contributed by atoms with E-state index in [-0.39, 0.29) is 11.8 Å². The van der Waals surface area contributed by atoms with E-state index in [0.29, 0.717) is 13.2 Å². The number of rotatable bonds is 6. The van der Waals surface area contributed by atoms with Crippen molar-refractivity contribution in [2.75, 3.05) is 27.3 Å². The summed E-state index contributed by atoms with van der Waals surface area (Å²) in [6.07, 6.45) is 0. The van der Waals surface area contributed by atoms with E-state index >= 15 is 0 Å². The Morgan fingerprint density at radius 1 is 1.69 bits per heavy atom. The molecule has 0 aromatic carbocycles. The molecule has 0 aliphatic rings. The fourth-order valence-electron chi connectivity index (χ4n) is 1.32. The molecule has 0 aliphatic carbocycles. The first kappa shape index (κ1) is 13.8. The highest BCUT2D eigenvalue weighted by Gasteiger charge is 2.16. The highest BCUT2D eigenvalue weighted by atomic mass is 79.9. The molecule has 0 spiro atoms. The lowest BCUT2D eigenvalue weighted by atomic mass is 10.2. The molecule has 1 atom stereocenters. The number of nitrogens with zero attached hydrogens (tertiary/aromatic N) is 1. The van der Waals surface area contributed by atoms with Crippen molar-refractivity contribution in [2.24, 2.45) is 0 Å². The summed E-state index contributed by atoms with van der Waals surface area (Å²) in [5, 5.41) is 1.91. The van der Waals surface area contributed by atoms with Crippen LogP contribution in [0.5, 0.6) is 0 Å². The Balaban J connectivity index is 2.55. The lowest BCUT2D eigenvalue weighted by Gasteiger charge is -2.22. The van der Waals surface area contributed by atoms with Crippen molar-refractivity contribution in [3.63, 3.8) is 0 Å². The van der Waals surface area contributed by atoms with Gasteiger partial charge < -0.3 is 4.74 Å². The van der Waals surface area contributed by atoms with E-state index in [9.17, 15) is 4.79 Å². The van der Waals surface area contributed by atoms with E-state index in [2.05, 4.69) is 15.9 Å². The van der Waals surface area contributed by atoms with Crippen molar-refractivity contribution < 1.29 is 9.53 Å². The molecule has 1 aromatic rings. The van der Waals surface area contributed by atoms with E-state index < -0.39 is 0 Å². The Hall–Kier alpha value is -0.230. The van der Waals surface area contributed by atoms with Crippen LogP contribution in [0.3, 0.4) is 0 Å².